The minimum absolute atomic E-state index is 0.509. The predicted molar refractivity (Wildman–Crippen MR) is 88.5 cm³/mol. The molecule has 0 saturated heterocycles. The van der Waals surface area contributed by atoms with E-state index >= 15 is 0 Å². The van der Waals surface area contributed by atoms with Crippen molar-refractivity contribution < 1.29 is 9.15 Å². The molecule has 2 aromatic rings. The first-order chi connectivity index (χ1) is 10.3. The highest BCUT2D eigenvalue weighted by atomic mass is 79.9. The molecule has 1 aromatic carbocycles. The van der Waals surface area contributed by atoms with Crippen molar-refractivity contribution in [2.45, 2.75) is 12.8 Å². The van der Waals surface area contributed by atoms with Crippen LogP contribution in [0.3, 0.4) is 0 Å². The first kappa shape index (κ1) is 16.3. The standard InChI is InChI=1S/C17H22BrNO2/c1-20-10-8-19-13-15(12-17-3-2-9-21-17)11-14-4-6-16(18)7-5-14/h2-7,9,15,19H,8,10-13H2,1H3. The van der Waals surface area contributed by atoms with E-state index in [2.05, 4.69) is 45.5 Å². The number of hydrogen-bond donors (Lipinski definition) is 1. The maximum atomic E-state index is 5.49. The molecule has 0 aliphatic heterocycles. The first-order valence-electron chi connectivity index (χ1n) is 7.24. The summed E-state index contributed by atoms with van der Waals surface area (Å²) in [6, 6.07) is 12.5. The SMILES string of the molecule is COCCNCC(Cc1ccc(Br)cc1)Cc1ccco1. The monoisotopic (exact) mass is 351 g/mol. The zero-order valence-corrected chi connectivity index (χ0v) is 13.9. The number of hydrogen-bond acceptors (Lipinski definition) is 3. The van der Waals surface area contributed by atoms with Gasteiger partial charge in [-0.25, -0.2) is 0 Å². The maximum Gasteiger partial charge on any atom is 0.104 e. The highest BCUT2D eigenvalue weighted by Gasteiger charge is 2.12. The first-order valence-corrected chi connectivity index (χ1v) is 8.03. The van der Waals surface area contributed by atoms with Crippen LogP contribution in [0.1, 0.15) is 11.3 Å². The Morgan fingerprint density at radius 1 is 1.19 bits per heavy atom. The van der Waals surface area contributed by atoms with E-state index in [1.54, 1.807) is 13.4 Å². The van der Waals surface area contributed by atoms with E-state index in [1.165, 1.54) is 5.56 Å². The molecule has 1 aromatic heterocycles. The van der Waals surface area contributed by atoms with Gasteiger partial charge in [-0.1, -0.05) is 28.1 Å². The largest absolute Gasteiger partial charge is 0.469 e. The molecule has 4 heteroatoms. The molecular weight excluding hydrogens is 330 g/mol. The Kier molecular flexibility index (Phi) is 7.00. The van der Waals surface area contributed by atoms with Gasteiger partial charge in [-0.05, 0) is 48.7 Å². The van der Waals surface area contributed by atoms with Gasteiger partial charge in [-0.2, -0.15) is 0 Å². The zero-order valence-electron chi connectivity index (χ0n) is 12.3. The summed E-state index contributed by atoms with van der Waals surface area (Å²) >= 11 is 3.48. The van der Waals surface area contributed by atoms with E-state index in [1.807, 2.05) is 12.1 Å². The minimum Gasteiger partial charge on any atom is -0.469 e. The van der Waals surface area contributed by atoms with Crippen LogP contribution in [0.5, 0.6) is 0 Å². The van der Waals surface area contributed by atoms with Gasteiger partial charge in [0.25, 0.3) is 0 Å². The van der Waals surface area contributed by atoms with E-state index in [0.717, 1.165) is 42.8 Å². The van der Waals surface area contributed by atoms with Crippen LogP contribution in [0.15, 0.2) is 51.6 Å². The molecular formula is C17H22BrNO2. The quantitative estimate of drug-likeness (QED) is 0.699. The molecule has 0 bridgehead atoms. The maximum absolute atomic E-state index is 5.49. The smallest absolute Gasteiger partial charge is 0.104 e. The molecule has 1 N–H and O–H groups in total. The Hall–Kier alpha value is -1.10. The molecule has 1 unspecified atom stereocenters. The summed E-state index contributed by atoms with van der Waals surface area (Å²) in [5, 5.41) is 3.45. The van der Waals surface area contributed by atoms with Crippen molar-refractivity contribution in [3.63, 3.8) is 0 Å². The highest BCUT2D eigenvalue weighted by Crippen LogP contribution is 2.17. The van der Waals surface area contributed by atoms with Gasteiger partial charge >= 0.3 is 0 Å². The lowest BCUT2D eigenvalue weighted by Gasteiger charge is -2.17. The molecule has 0 amide bonds. The van der Waals surface area contributed by atoms with Crippen LogP contribution in [0.25, 0.3) is 0 Å². The topological polar surface area (TPSA) is 34.4 Å². The second kappa shape index (κ2) is 9.03. The average Bonchev–Trinajstić information content (AvgIpc) is 2.99. The van der Waals surface area contributed by atoms with Gasteiger partial charge in [0.2, 0.25) is 0 Å². The van der Waals surface area contributed by atoms with Gasteiger partial charge in [-0.15, -0.1) is 0 Å². The highest BCUT2D eigenvalue weighted by molar-refractivity contribution is 9.10. The predicted octanol–water partition coefficient (Wildman–Crippen LogP) is 3.68. The molecule has 114 valence electrons. The number of nitrogens with one attached hydrogen (secondary N) is 1. The van der Waals surface area contributed by atoms with E-state index in [0.29, 0.717) is 5.92 Å². The fourth-order valence-electron chi connectivity index (χ4n) is 2.36. The number of furan rings is 1. The van der Waals surface area contributed by atoms with Crippen molar-refractivity contribution in [1.82, 2.24) is 5.32 Å². The van der Waals surface area contributed by atoms with E-state index in [-0.39, 0.29) is 0 Å². The van der Waals surface area contributed by atoms with Crippen molar-refractivity contribution in [2.24, 2.45) is 5.92 Å². The second-order valence-corrected chi connectivity index (χ2v) is 6.09. The minimum atomic E-state index is 0.509. The van der Waals surface area contributed by atoms with Crippen LogP contribution >= 0.6 is 15.9 Å². The van der Waals surface area contributed by atoms with Gasteiger partial charge in [0.15, 0.2) is 0 Å². The van der Waals surface area contributed by atoms with Crippen molar-refractivity contribution in [3.8, 4) is 0 Å². The van der Waals surface area contributed by atoms with Crippen LogP contribution in [-0.2, 0) is 17.6 Å². The summed E-state index contributed by atoms with van der Waals surface area (Å²) in [6.07, 6.45) is 3.72. The van der Waals surface area contributed by atoms with Gasteiger partial charge in [0, 0.05) is 24.5 Å². The third-order valence-corrected chi connectivity index (χ3v) is 3.95. The summed E-state index contributed by atoms with van der Waals surface area (Å²) in [7, 11) is 1.73. The molecule has 0 radical (unpaired) electrons. The van der Waals surface area contributed by atoms with Crippen molar-refractivity contribution in [2.75, 3.05) is 26.8 Å². The molecule has 0 aliphatic carbocycles. The van der Waals surface area contributed by atoms with Crippen LogP contribution < -0.4 is 5.32 Å². The molecule has 1 heterocycles. The van der Waals surface area contributed by atoms with Crippen LogP contribution in [0, 0.1) is 5.92 Å². The van der Waals surface area contributed by atoms with Crippen LogP contribution in [0.2, 0.25) is 0 Å². The molecule has 0 aliphatic rings. The summed E-state index contributed by atoms with van der Waals surface area (Å²) < 4.78 is 11.7. The van der Waals surface area contributed by atoms with Crippen molar-refractivity contribution in [1.29, 1.82) is 0 Å². The Bertz CT molecular complexity index is 496. The molecule has 0 spiro atoms. The van der Waals surface area contributed by atoms with E-state index in [4.69, 9.17) is 9.15 Å². The fraction of sp³-hybridized carbons (Fsp3) is 0.412. The van der Waals surface area contributed by atoms with Gasteiger partial charge in [0.1, 0.15) is 5.76 Å². The number of halogens is 1. The molecule has 1 atom stereocenters. The lowest BCUT2D eigenvalue weighted by Crippen LogP contribution is -2.28. The van der Waals surface area contributed by atoms with Gasteiger partial charge in [0.05, 0.1) is 12.9 Å². The Balaban J connectivity index is 1.91. The van der Waals surface area contributed by atoms with E-state index in [9.17, 15) is 0 Å². The summed E-state index contributed by atoms with van der Waals surface area (Å²) in [5.74, 6) is 1.56. The normalized spacial score (nSPS) is 12.5. The Labute approximate surface area is 134 Å². The summed E-state index contributed by atoms with van der Waals surface area (Å²) in [6.45, 7) is 2.58. The third-order valence-electron chi connectivity index (χ3n) is 3.42. The molecule has 0 fully saturated rings. The summed E-state index contributed by atoms with van der Waals surface area (Å²) in [5.41, 5.74) is 1.35. The molecule has 21 heavy (non-hydrogen) atoms. The molecule has 0 saturated carbocycles. The number of rotatable bonds is 9. The zero-order chi connectivity index (χ0) is 14.9. The number of methoxy groups -OCH3 is 1. The molecule has 2 rings (SSSR count). The second-order valence-electron chi connectivity index (χ2n) is 5.18. The Morgan fingerprint density at radius 2 is 2.00 bits per heavy atom. The lowest BCUT2D eigenvalue weighted by molar-refractivity contribution is 0.197. The summed E-state index contributed by atoms with van der Waals surface area (Å²) in [4.78, 5) is 0. The lowest BCUT2D eigenvalue weighted by atomic mass is 9.95. The van der Waals surface area contributed by atoms with Gasteiger partial charge < -0.3 is 14.5 Å². The Morgan fingerprint density at radius 3 is 2.67 bits per heavy atom. The van der Waals surface area contributed by atoms with E-state index < -0.39 is 0 Å². The fourth-order valence-corrected chi connectivity index (χ4v) is 2.63. The number of benzene rings is 1. The molecule has 3 nitrogen and oxygen atoms in total. The van der Waals surface area contributed by atoms with Crippen molar-refractivity contribution in [3.05, 3.63) is 58.5 Å². The average molecular weight is 352 g/mol. The number of ether oxygens (including phenoxy) is 1. The third kappa shape index (κ3) is 6.04. The van der Waals surface area contributed by atoms with Crippen LogP contribution in [0.4, 0.5) is 0 Å². The van der Waals surface area contributed by atoms with Crippen LogP contribution in [-0.4, -0.2) is 26.8 Å². The van der Waals surface area contributed by atoms with Gasteiger partial charge in [-0.3, -0.25) is 0 Å². The van der Waals surface area contributed by atoms with Crippen molar-refractivity contribution >= 4 is 15.9 Å².